The molecule has 0 bridgehead atoms. The van der Waals surface area contributed by atoms with Gasteiger partial charge in [0.15, 0.2) is 0 Å². The maximum absolute atomic E-state index is 3.66. The van der Waals surface area contributed by atoms with E-state index in [4.69, 9.17) is 0 Å². The summed E-state index contributed by atoms with van der Waals surface area (Å²) in [6.07, 6.45) is 2.78. The maximum atomic E-state index is 3.66. The molecule has 0 aliphatic rings. The van der Waals surface area contributed by atoms with Crippen LogP contribution >= 0.6 is 15.9 Å². The van der Waals surface area contributed by atoms with E-state index in [9.17, 15) is 0 Å². The smallest absolute Gasteiger partial charge is 1.00 e. The van der Waals surface area contributed by atoms with Gasteiger partial charge in [-0.3, -0.25) is 0 Å². The van der Waals surface area contributed by atoms with Gasteiger partial charge in [0, 0.05) is 0 Å². The Hall–Kier alpha value is 0.686. The zero-order valence-corrected chi connectivity index (χ0v) is 11.3. The van der Waals surface area contributed by atoms with Crippen molar-refractivity contribution < 1.29 is 17.0 Å². The zero-order valence-electron chi connectivity index (χ0n) is 6.69. The average molecular weight is 300 g/mol. The molecule has 0 fully saturated rings. The minimum absolute atomic E-state index is 0. The van der Waals surface area contributed by atoms with Crippen molar-refractivity contribution in [1.29, 1.82) is 0 Å². The molecule has 0 aliphatic heterocycles. The number of benzene rings is 1. The third-order valence-corrected chi connectivity index (χ3v) is 2.03. The fraction of sp³-hybridized carbons (Fsp3) is 0.111. The van der Waals surface area contributed by atoms with Gasteiger partial charge in [-0.15, -0.1) is 12.1 Å². The van der Waals surface area contributed by atoms with Gasteiger partial charge in [-0.05, 0) is 0 Å². The van der Waals surface area contributed by atoms with Crippen molar-refractivity contribution in [3.8, 4) is 0 Å². The predicted molar refractivity (Wildman–Crippen MR) is 52.6 cm³/mol. The van der Waals surface area contributed by atoms with Gasteiger partial charge in [0.1, 0.15) is 0 Å². The fourth-order valence-electron chi connectivity index (χ4n) is 0.758. The van der Waals surface area contributed by atoms with E-state index in [1.807, 2.05) is 24.3 Å². The molecule has 0 unspecified atom stereocenters. The van der Waals surface area contributed by atoms with Crippen LogP contribution < -0.4 is 17.0 Å². The Morgan fingerprint density at radius 3 is 2.75 bits per heavy atom. The van der Waals surface area contributed by atoms with Crippen LogP contribution in [0, 0.1) is 6.07 Å². The maximum Gasteiger partial charge on any atom is 2.00 e. The summed E-state index contributed by atoms with van der Waals surface area (Å²) in [7, 11) is 0. The van der Waals surface area contributed by atoms with Crippen LogP contribution in [0.25, 0.3) is 0 Å². The summed E-state index contributed by atoms with van der Waals surface area (Å²) in [4.78, 5) is 0. The third-order valence-electron chi connectivity index (χ3n) is 1.25. The van der Waals surface area contributed by atoms with Crippen LogP contribution in [0.15, 0.2) is 35.3 Å². The van der Waals surface area contributed by atoms with Gasteiger partial charge in [0.25, 0.3) is 0 Å². The molecule has 1 rings (SSSR count). The number of allylic oxidation sites excluding steroid dienone is 1. The first-order valence-electron chi connectivity index (χ1n) is 3.10. The first-order valence-corrected chi connectivity index (χ1v) is 3.89. The first kappa shape index (κ1) is 15.2. The van der Waals surface area contributed by atoms with E-state index < -0.39 is 0 Å². The number of rotatable bonds is 2. The van der Waals surface area contributed by atoms with E-state index in [0.717, 1.165) is 10.9 Å². The van der Waals surface area contributed by atoms with Crippen molar-refractivity contribution in [3.63, 3.8) is 0 Å². The Labute approximate surface area is 108 Å². The molecular formula is C9H8Br2Mg. The molecule has 0 spiro atoms. The monoisotopic (exact) mass is 298 g/mol. The molecule has 12 heavy (non-hydrogen) atoms. The molecule has 1 aromatic rings. The van der Waals surface area contributed by atoms with Gasteiger partial charge in [-0.25, -0.2) is 0 Å². The van der Waals surface area contributed by atoms with Crippen molar-refractivity contribution in [3.05, 3.63) is 47.0 Å². The van der Waals surface area contributed by atoms with Gasteiger partial charge in [-0.1, -0.05) is 32.9 Å². The van der Waals surface area contributed by atoms with Gasteiger partial charge in [0.05, 0.1) is 0 Å². The molecule has 1 aromatic carbocycles. The number of halogens is 2. The average Bonchev–Trinajstić information content (AvgIpc) is 1.94. The summed E-state index contributed by atoms with van der Waals surface area (Å²) in [5.41, 5.74) is 1.23. The molecule has 0 amide bonds. The quantitative estimate of drug-likeness (QED) is 0.396. The second kappa shape index (κ2) is 8.29. The summed E-state index contributed by atoms with van der Waals surface area (Å²) >= 11 is 3.43. The second-order valence-corrected chi connectivity index (χ2v) is 2.86. The Morgan fingerprint density at radius 2 is 2.25 bits per heavy atom. The van der Waals surface area contributed by atoms with Crippen LogP contribution in [-0.4, -0.2) is 23.1 Å². The van der Waals surface area contributed by atoms with Gasteiger partial charge >= 0.3 is 23.1 Å². The molecule has 0 saturated carbocycles. The third kappa shape index (κ3) is 4.65. The van der Waals surface area contributed by atoms with Crippen molar-refractivity contribution in [2.75, 3.05) is 0 Å². The van der Waals surface area contributed by atoms with Crippen molar-refractivity contribution >= 4 is 39.0 Å². The Bertz CT molecular complexity index is 236. The van der Waals surface area contributed by atoms with Crippen LogP contribution in [0.3, 0.4) is 0 Å². The largest absolute Gasteiger partial charge is 2.00 e. The topological polar surface area (TPSA) is 0 Å². The fourth-order valence-corrected chi connectivity index (χ4v) is 1.17. The minimum Gasteiger partial charge on any atom is -1.00 e. The molecule has 0 atom stereocenters. The number of hydrogen-bond acceptors (Lipinski definition) is 0. The van der Waals surface area contributed by atoms with E-state index in [1.54, 1.807) is 0 Å². The molecular weight excluding hydrogens is 292 g/mol. The Balaban J connectivity index is 0. The summed E-state index contributed by atoms with van der Waals surface area (Å²) < 4.78 is 1.13. The van der Waals surface area contributed by atoms with Gasteiger partial charge < -0.3 is 17.0 Å². The van der Waals surface area contributed by atoms with Gasteiger partial charge in [-0.2, -0.15) is 24.3 Å². The molecule has 0 nitrogen and oxygen atoms in total. The number of hydrogen-bond donors (Lipinski definition) is 0. The van der Waals surface area contributed by atoms with Crippen molar-refractivity contribution in [2.45, 2.75) is 6.42 Å². The van der Waals surface area contributed by atoms with Crippen LogP contribution in [0.2, 0.25) is 0 Å². The molecule has 60 valence electrons. The van der Waals surface area contributed by atoms with Crippen LogP contribution in [0.4, 0.5) is 0 Å². The Kier molecular flexibility index (Phi) is 10.5. The van der Waals surface area contributed by atoms with Gasteiger partial charge in [0.2, 0.25) is 0 Å². The van der Waals surface area contributed by atoms with E-state index in [1.165, 1.54) is 5.56 Å². The molecule has 0 aliphatic carbocycles. The second-order valence-electron chi connectivity index (χ2n) is 2.01. The van der Waals surface area contributed by atoms with Crippen LogP contribution in [0.1, 0.15) is 5.56 Å². The molecule has 0 N–H and O–H groups in total. The molecule has 3 heteroatoms. The van der Waals surface area contributed by atoms with E-state index >= 15 is 0 Å². The van der Waals surface area contributed by atoms with Crippen LogP contribution in [-0.2, 0) is 6.42 Å². The zero-order chi connectivity index (χ0) is 7.40. The summed E-state index contributed by atoms with van der Waals surface area (Å²) in [6, 6.07) is 8.84. The van der Waals surface area contributed by atoms with Crippen molar-refractivity contribution in [1.82, 2.24) is 0 Å². The SMILES string of the molecule is C=CCc1c[c-]ccc1Br.[Br-].[Mg+2]. The normalized spacial score (nSPS) is 7.75. The van der Waals surface area contributed by atoms with E-state index in [2.05, 4.69) is 28.6 Å². The van der Waals surface area contributed by atoms with Crippen molar-refractivity contribution in [2.24, 2.45) is 0 Å². The Morgan fingerprint density at radius 1 is 1.58 bits per heavy atom. The molecule has 0 radical (unpaired) electrons. The molecule has 0 saturated heterocycles. The van der Waals surface area contributed by atoms with E-state index in [-0.39, 0.29) is 40.0 Å². The standard InChI is InChI=1S/C9H8Br.BrH.Mg/c1-2-5-8-6-3-4-7-9(8)10;;/h2,4,6-7H,1,5H2;1H;/q-1;;+2/p-1. The predicted octanol–water partition coefficient (Wildman–Crippen LogP) is -0.399. The van der Waals surface area contributed by atoms with Crippen LogP contribution in [0.5, 0.6) is 0 Å². The summed E-state index contributed by atoms with van der Waals surface area (Å²) in [6.45, 7) is 3.66. The summed E-state index contributed by atoms with van der Waals surface area (Å²) in [5, 5.41) is 0. The van der Waals surface area contributed by atoms with E-state index in [0.29, 0.717) is 0 Å². The minimum atomic E-state index is 0. The molecule has 0 aromatic heterocycles. The summed E-state index contributed by atoms with van der Waals surface area (Å²) in [5.74, 6) is 0. The molecule has 0 heterocycles. The first-order chi connectivity index (χ1) is 4.84.